The molecule has 4 amide bonds. The lowest BCUT2D eigenvalue weighted by Gasteiger charge is -2.26. The highest BCUT2D eigenvalue weighted by Gasteiger charge is 2.37. The summed E-state index contributed by atoms with van der Waals surface area (Å²) in [6.07, 6.45) is 2.11. The Bertz CT molecular complexity index is 1070. The van der Waals surface area contributed by atoms with E-state index >= 15 is 0 Å². The molecule has 7 nitrogen and oxygen atoms in total. The van der Waals surface area contributed by atoms with Gasteiger partial charge in [-0.05, 0) is 61.4 Å². The van der Waals surface area contributed by atoms with Gasteiger partial charge in [-0.1, -0.05) is 22.9 Å². The number of urea groups is 1. The summed E-state index contributed by atoms with van der Waals surface area (Å²) in [7, 11) is 1.48. The first-order chi connectivity index (χ1) is 14.7. The molecule has 0 radical (unpaired) electrons. The van der Waals surface area contributed by atoms with Gasteiger partial charge in [0, 0.05) is 4.47 Å². The van der Waals surface area contributed by atoms with Crippen molar-refractivity contribution in [3.63, 3.8) is 0 Å². The third-order valence-corrected chi connectivity index (χ3v) is 5.36. The molecule has 31 heavy (non-hydrogen) atoms. The zero-order valence-corrected chi connectivity index (χ0v) is 18.7. The van der Waals surface area contributed by atoms with Crippen molar-refractivity contribution in [3.8, 4) is 11.5 Å². The van der Waals surface area contributed by atoms with Gasteiger partial charge in [-0.15, -0.1) is 0 Å². The Morgan fingerprint density at radius 1 is 1.16 bits per heavy atom. The highest BCUT2D eigenvalue weighted by atomic mass is 79.9. The van der Waals surface area contributed by atoms with Gasteiger partial charge in [0.1, 0.15) is 11.4 Å². The van der Waals surface area contributed by atoms with E-state index in [1.807, 2.05) is 13.8 Å². The molecule has 2 aromatic carbocycles. The Hall–Kier alpha value is -3.20. The SMILES string of the molecule is CC[C@@H](C)Oc1cc(Br)c(/C=C2\C(=O)NC(=O)N(c3ccc(F)cc3)C2=O)cc1OC. The lowest BCUT2D eigenvalue weighted by Crippen LogP contribution is -2.54. The Labute approximate surface area is 186 Å². The summed E-state index contributed by atoms with van der Waals surface area (Å²) in [5, 5.41) is 2.13. The number of hydrogen-bond acceptors (Lipinski definition) is 5. The normalized spacial score (nSPS) is 16.4. The first-order valence-electron chi connectivity index (χ1n) is 9.46. The van der Waals surface area contributed by atoms with Crippen molar-refractivity contribution in [2.45, 2.75) is 26.4 Å². The van der Waals surface area contributed by atoms with Crippen molar-refractivity contribution in [2.24, 2.45) is 0 Å². The largest absolute Gasteiger partial charge is 0.493 e. The average molecular weight is 491 g/mol. The molecule has 1 aliphatic heterocycles. The lowest BCUT2D eigenvalue weighted by atomic mass is 10.1. The second-order valence-corrected chi connectivity index (χ2v) is 7.65. The van der Waals surface area contributed by atoms with Crippen LogP contribution in [0, 0.1) is 5.82 Å². The van der Waals surface area contributed by atoms with Crippen LogP contribution in [0.2, 0.25) is 0 Å². The number of ether oxygens (including phenoxy) is 2. The Morgan fingerprint density at radius 2 is 1.84 bits per heavy atom. The van der Waals surface area contributed by atoms with Gasteiger partial charge < -0.3 is 9.47 Å². The maximum atomic E-state index is 13.2. The number of halogens is 2. The smallest absolute Gasteiger partial charge is 0.335 e. The molecule has 0 spiro atoms. The van der Waals surface area contributed by atoms with Crippen molar-refractivity contribution >= 4 is 45.5 Å². The molecule has 1 fully saturated rings. The number of nitrogens with one attached hydrogen (secondary N) is 1. The van der Waals surface area contributed by atoms with E-state index in [1.54, 1.807) is 12.1 Å². The number of barbiturate groups is 1. The maximum Gasteiger partial charge on any atom is 0.335 e. The van der Waals surface area contributed by atoms with E-state index in [0.29, 0.717) is 21.5 Å². The van der Waals surface area contributed by atoms with Crippen molar-refractivity contribution < 1.29 is 28.2 Å². The summed E-state index contributed by atoms with van der Waals surface area (Å²) >= 11 is 3.42. The van der Waals surface area contributed by atoms with Gasteiger partial charge in [0.25, 0.3) is 11.8 Å². The Balaban J connectivity index is 2.01. The van der Waals surface area contributed by atoms with Crippen LogP contribution in [0.1, 0.15) is 25.8 Å². The van der Waals surface area contributed by atoms with Gasteiger partial charge in [0.15, 0.2) is 11.5 Å². The van der Waals surface area contributed by atoms with Crippen LogP contribution in [0.15, 0.2) is 46.4 Å². The molecule has 1 N–H and O–H groups in total. The molecule has 1 atom stereocenters. The van der Waals surface area contributed by atoms with Crippen LogP contribution in [-0.4, -0.2) is 31.1 Å². The standard InChI is InChI=1S/C22H20BrFN2O5/c1-4-12(2)31-19-11-17(23)13(10-18(19)30-3)9-16-20(27)25-22(29)26(21(16)28)15-7-5-14(24)6-8-15/h5-12H,4H2,1-3H3,(H,25,27,29)/b16-9+/t12-/m1/s1. The zero-order chi connectivity index (χ0) is 22.7. The van der Waals surface area contributed by atoms with Gasteiger partial charge in [0.05, 0.1) is 18.9 Å². The fraction of sp³-hybridized carbons (Fsp3) is 0.227. The number of rotatable bonds is 6. The first-order valence-corrected chi connectivity index (χ1v) is 10.3. The van der Waals surface area contributed by atoms with Crippen LogP contribution >= 0.6 is 15.9 Å². The van der Waals surface area contributed by atoms with Gasteiger partial charge in [-0.2, -0.15) is 0 Å². The number of imide groups is 2. The number of carbonyl (C=O) groups excluding carboxylic acids is 3. The first kappa shape index (κ1) is 22.5. The molecule has 1 aliphatic rings. The van der Waals surface area contributed by atoms with E-state index in [4.69, 9.17) is 9.47 Å². The molecule has 1 heterocycles. The van der Waals surface area contributed by atoms with E-state index in [1.165, 1.54) is 25.3 Å². The summed E-state index contributed by atoms with van der Waals surface area (Å²) in [5.74, 6) is -1.25. The van der Waals surface area contributed by atoms with Crippen molar-refractivity contribution in [2.75, 3.05) is 12.0 Å². The molecular formula is C22H20BrFN2O5. The molecule has 0 saturated carbocycles. The number of methoxy groups -OCH3 is 1. The quantitative estimate of drug-likeness (QED) is 0.477. The zero-order valence-electron chi connectivity index (χ0n) is 17.1. The molecule has 0 unspecified atom stereocenters. The van der Waals surface area contributed by atoms with Crippen LogP contribution in [0.3, 0.4) is 0 Å². The topological polar surface area (TPSA) is 84.9 Å². The molecule has 0 aliphatic carbocycles. The highest BCUT2D eigenvalue weighted by molar-refractivity contribution is 9.10. The summed E-state index contributed by atoms with van der Waals surface area (Å²) in [4.78, 5) is 38.4. The monoisotopic (exact) mass is 490 g/mol. The Morgan fingerprint density at radius 3 is 2.45 bits per heavy atom. The molecule has 9 heteroatoms. The molecule has 0 aromatic heterocycles. The van der Waals surface area contributed by atoms with Crippen molar-refractivity contribution in [3.05, 3.63) is 57.8 Å². The summed E-state index contributed by atoms with van der Waals surface area (Å²) in [5.41, 5.74) is 0.346. The van der Waals surface area contributed by atoms with E-state index in [2.05, 4.69) is 21.2 Å². The Kier molecular flexibility index (Phi) is 6.74. The van der Waals surface area contributed by atoms with E-state index in [9.17, 15) is 18.8 Å². The summed E-state index contributed by atoms with van der Waals surface area (Å²) < 4.78 is 25.0. The number of hydrogen-bond donors (Lipinski definition) is 1. The number of anilines is 1. The second kappa shape index (κ2) is 9.30. The lowest BCUT2D eigenvalue weighted by molar-refractivity contribution is -0.122. The minimum absolute atomic E-state index is 0.0361. The van der Waals surface area contributed by atoms with Crippen LogP contribution in [-0.2, 0) is 9.59 Å². The molecule has 0 bridgehead atoms. The highest BCUT2D eigenvalue weighted by Crippen LogP contribution is 2.36. The summed E-state index contributed by atoms with van der Waals surface area (Å²) in [6, 6.07) is 7.19. The third kappa shape index (κ3) is 4.77. The number of amides is 4. The van der Waals surface area contributed by atoms with Gasteiger partial charge >= 0.3 is 6.03 Å². The third-order valence-electron chi connectivity index (χ3n) is 4.67. The molecule has 162 valence electrons. The van der Waals surface area contributed by atoms with Crippen molar-refractivity contribution in [1.29, 1.82) is 0 Å². The van der Waals surface area contributed by atoms with Crippen LogP contribution in [0.4, 0.5) is 14.9 Å². The second-order valence-electron chi connectivity index (χ2n) is 6.80. The van der Waals surface area contributed by atoms with Gasteiger partial charge in [-0.3, -0.25) is 14.9 Å². The van der Waals surface area contributed by atoms with E-state index in [-0.39, 0.29) is 17.4 Å². The molecule has 3 rings (SSSR count). The van der Waals surface area contributed by atoms with Gasteiger partial charge in [0.2, 0.25) is 0 Å². The fourth-order valence-corrected chi connectivity index (χ4v) is 3.29. The predicted molar refractivity (Wildman–Crippen MR) is 116 cm³/mol. The fourth-order valence-electron chi connectivity index (χ4n) is 2.85. The number of benzene rings is 2. The average Bonchev–Trinajstić information content (AvgIpc) is 2.73. The molecule has 2 aromatic rings. The van der Waals surface area contributed by atoms with Crippen LogP contribution in [0.25, 0.3) is 6.08 Å². The summed E-state index contributed by atoms with van der Waals surface area (Å²) in [6.45, 7) is 3.92. The van der Waals surface area contributed by atoms with E-state index in [0.717, 1.165) is 23.5 Å². The van der Waals surface area contributed by atoms with E-state index < -0.39 is 23.7 Å². The van der Waals surface area contributed by atoms with Crippen molar-refractivity contribution in [1.82, 2.24) is 5.32 Å². The molecule has 1 saturated heterocycles. The number of carbonyl (C=O) groups is 3. The maximum absolute atomic E-state index is 13.2. The molecular weight excluding hydrogens is 471 g/mol. The number of nitrogens with zero attached hydrogens (tertiary/aromatic N) is 1. The predicted octanol–water partition coefficient (Wildman–Crippen LogP) is 4.44. The van der Waals surface area contributed by atoms with Crippen LogP contribution in [0.5, 0.6) is 11.5 Å². The minimum Gasteiger partial charge on any atom is -0.493 e. The van der Waals surface area contributed by atoms with Gasteiger partial charge in [-0.25, -0.2) is 14.1 Å². The van der Waals surface area contributed by atoms with Crippen LogP contribution < -0.4 is 19.7 Å². The minimum atomic E-state index is -0.910.